The molecule has 0 saturated heterocycles. The van der Waals surface area contributed by atoms with Crippen LogP contribution in [0.25, 0.3) is 6.08 Å². The van der Waals surface area contributed by atoms with Gasteiger partial charge in [0.15, 0.2) is 0 Å². The second-order valence-corrected chi connectivity index (χ2v) is 4.80. The van der Waals surface area contributed by atoms with E-state index in [0.717, 1.165) is 10.0 Å². The molecule has 1 aromatic carbocycles. The Kier molecular flexibility index (Phi) is 6.29. The summed E-state index contributed by atoms with van der Waals surface area (Å²) in [5, 5.41) is 0. The van der Waals surface area contributed by atoms with Crippen molar-refractivity contribution in [2.45, 2.75) is 6.42 Å². The summed E-state index contributed by atoms with van der Waals surface area (Å²) < 4.78 is 5.45. The minimum atomic E-state index is -0.325. The van der Waals surface area contributed by atoms with Crippen molar-refractivity contribution >= 4 is 33.9 Å². The second-order valence-electron chi connectivity index (χ2n) is 3.94. The molecule has 0 spiro atoms. The van der Waals surface area contributed by atoms with E-state index in [2.05, 4.69) is 20.7 Å². The highest BCUT2D eigenvalue weighted by Gasteiger charge is 2.08. The van der Waals surface area contributed by atoms with Crippen molar-refractivity contribution in [2.75, 3.05) is 20.7 Å². The van der Waals surface area contributed by atoms with E-state index in [4.69, 9.17) is 0 Å². The van der Waals surface area contributed by atoms with E-state index in [1.54, 1.807) is 13.1 Å². The van der Waals surface area contributed by atoms with Crippen molar-refractivity contribution in [1.29, 1.82) is 0 Å². The lowest BCUT2D eigenvalue weighted by atomic mass is 10.2. The highest BCUT2D eigenvalue weighted by atomic mass is 79.9. The quantitative estimate of drug-likeness (QED) is 0.617. The summed E-state index contributed by atoms with van der Waals surface area (Å²) in [6.07, 6.45) is 3.42. The molecule has 1 aromatic rings. The molecule has 0 N–H and O–H groups in total. The van der Waals surface area contributed by atoms with E-state index in [0.29, 0.717) is 6.54 Å². The maximum atomic E-state index is 11.8. The molecule has 4 nitrogen and oxygen atoms in total. The van der Waals surface area contributed by atoms with Crippen LogP contribution < -0.4 is 0 Å². The first-order valence-corrected chi connectivity index (χ1v) is 6.58. The Labute approximate surface area is 121 Å². The van der Waals surface area contributed by atoms with Crippen LogP contribution in [0, 0.1) is 0 Å². The minimum Gasteiger partial charge on any atom is -0.469 e. The van der Waals surface area contributed by atoms with Gasteiger partial charge in [0.05, 0.1) is 13.5 Å². The Morgan fingerprint density at radius 2 is 2.05 bits per heavy atom. The van der Waals surface area contributed by atoms with Crippen LogP contribution in [-0.2, 0) is 14.3 Å². The lowest BCUT2D eigenvalue weighted by molar-refractivity contribution is -0.141. The zero-order chi connectivity index (χ0) is 14.3. The van der Waals surface area contributed by atoms with Gasteiger partial charge in [-0.2, -0.15) is 0 Å². The molecule has 0 bridgehead atoms. The Bertz CT molecular complexity index is 485. The zero-order valence-electron chi connectivity index (χ0n) is 10.9. The number of esters is 1. The highest BCUT2D eigenvalue weighted by molar-refractivity contribution is 9.10. The number of hydrogen-bond acceptors (Lipinski definition) is 3. The number of benzene rings is 1. The molecule has 19 heavy (non-hydrogen) atoms. The predicted molar refractivity (Wildman–Crippen MR) is 77.4 cm³/mol. The van der Waals surface area contributed by atoms with E-state index >= 15 is 0 Å². The first-order valence-electron chi connectivity index (χ1n) is 5.79. The fourth-order valence-corrected chi connectivity index (χ4v) is 1.79. The third-order valence-corrected chi connectivity index (χ3v) is 3.29. The number of rotatable bonds is 5. The Morgan fingerprint density at radius 1 is 1.37 bits per heavy atom. The molecule has 0 unspecified atom stereocenters. The zero-order valence-corrected chi connectivity index (χ0v) is 12.5. The van der Waals surface area contributed by atoms with E-state index in [1.807, 2.05) is 24.3 Å². The molecule has 0 heterocycles. The van der Waals surface area contributed by atoms with Gasteiger partial charge in [0.2, 0.25) is 5.91 Å². The lowest BCUT2D eigenvalue weighted by Crippen LogP contribution is -2.27. The summed E-state index contributed by atoms with van der Waals surface area (Å²) in [5.41, 5.74) is 0.928. The molecule has 1 rings (SSSR count). The summed E-state index contributed by atoms with van der Waals surface area (Å²) in [4.78, 5) is 24.3. The van der Waals surface area contributed by atoms with E-state index < -0.39 is 0 Å². The van der Waals surface area contributed by atoms with Crippen molar-refractivity contribution in [3.8, 4) is 0 Å². The third-order valence-electron chi connectivity index (χ3n) is 2.57. The summed E-state index contributed by atoms with van der Waals surface area (Å²) in [7, 11) is 2.98. The van der Waals surface area contributed by atoms with E-state index in [1.165, 1.54) is 18.1 Å². The number of carbonyl (C=O) groups excluding carboxylic acids is 2. The first kappa shape index (κ1) is 15.4. The molecule has 0 aromatic heterocycles. The Hall–Kier alpha value is -1.62. The fourth-order valence-electron chi connectivity index (χ4n) is 1.37. The van der Waals surface area contributed by atoms with Crippen LogP contribution in [-0.4, -0.2) is 37.5 Å². The normalized spacial score (nSPS) is 10.5. The van der Waals surface area contributed by atoms with E-state index in [-0.39, 0.29) is 18.3 Å². The largest absolute Gasteiger partial charge is 0.469 e. The molecule has 5 heteroatoms. The Balaban J connectivity index is 2.55. The van der Waals surface area contributed by atoms with Gasteiger partial charge in [0.25, 0.3) is 0 Å². The maximum Gasteiger partial charge on any atom is 0.307 e. The number of amides is 1. The number of methoxy groups -OCH3 is 1. The van der Waals surface area contributed by atoms with Crippen LogP contribution in [0.2, 0.25) is 0 Å². The molecular formula is C14H16BrNO3. The molecule has 1 amide bonds. The molecule has 0 radical (unpaired) electrons. The summed E-state index contributed by atoms with van der Waals surface area (Å²) in [5.74, 6) is -0.478. The fraction of sp³-hybridized carbons (Fsp3) is 0.286. The van der Waals surface area contributed by atoms with Gasteiger partial charge in [0, 0.05) is 24.1 Å². The predicted octanol–water partition coefficient (Wildman–Crippen LogP) is 2.48. The summed E-state index contributed by atoms with van der Waals surface area (Å²) >= 11 is 3.41. The van der Waals surface area contributed by atoms with Crippen molar-refractivity contribution in [2.24, 2.45) is 0 Å². The van der Waals surface area contributed by atoms with Crippen LogP contribution in [0.1, 0.15) is 12.0 Å². The molecular weight excluding hydrogens is 310 g/mol. The molecule has 102 valence electrons. The number of hydrogen-bond donors (Lipinski definition) is 0. The van der Waals surface area contributed by atoms with Crippen LogP contribution in [0.4, 0.5) is 0 Å². The molecule has 0 saturated carbocycles. The van der Waals surface area contributed by atoms with Crippen molar-refractivity contribution < 1.29 is 14.3 Å². The van der Waals surface area contributed by atoms with Gasteiger partial charge in [-0.15, -0.1) is 0 Å². The van der Waals surface area contributed by atoms with Crippen molar-refractivity contribution in [1.82, 2.24) is 4.90 Å². The van der Waals surface area contributed by atoms with Gasteiger partial charge in [0.1, 0.15) is 0 Å². The van der Waals surface area contributed by atoms with Gasteiger partial charge in [-0.05, 0) is 17.7 Å². The molecule has 0 aliphatic carbocycles. The number of likely N-dealkylation sites (N-methyl/N-ethyl adjacent to an activating group) is 1. The van der Waals surface area contributed by atoms with Gasteiger partial charge < -0.3 is 9.64 Å². The van der Waals surface area contributed by atoms with Crippen molar-refractivity contribution in [3.63, 3.8) is 0 Å². The summed E-state index contributed by atoms with van der Waals surface area (Å²) in [6.45, 7) is 0.339. The van der Waals surface area contributed by atoms with Crippen LogP contribution in [0.5, 0.6) is 0 Å². The average molecular weight is 326 g/mol. The number of ether oxygens (including phenoxy) is 1. The second kappa shape index (κ2) is 7.74. The topological polar surface area (TPSA) is 46.6 Å². The van der Waals surface area contributed by atoms with Gasteiger partial charge in [-0.25, -0.2) is 0 Å². The molecule has 0 atom stereocenters. The number of halogens is 1. The van der Waals surface area contributed by atoms with E-state index in [9.17, 15) is 9.59 Å². The minimum absolute atomic E-state index is 0.153. The van der Waals surface area contributed by atoms with Gasteiger partial charge in [-0.1, -0.05) is 34.1 Å². The monoisotopic (exact) mass is 325 g/mol. The van der Waals surface area contributed by atoms with Gasteiger partial charge >= 0.3 is 5.97 Å². The standard InChI is InChI=1S/C14H16BrNO3/c1-16(10-9-14(18)19-2)13(17)8-7-11-5-3-4-6-12(11)15/h3-8H,9-10H2,1-2H3. The molecule has 0 fully saturated rings. The van der Waals surface area contributed by atoms with Crippen molar-refractivity contribution in [3.05, 3.63) is 40.4 Å². The molecule has 0 aliphatic heterocycles. The smallest absolute Gasteiger partial charge is 0.307 e. The number of nitrogens with zero attached hydrogens (tertiary/aromatic N) is 1. The molecule has 0 aliphatic rings. The van der Waals surface area contributed by atoms with Gasteiger partial charge in [-0.3, -0.25) is 9.59 Å². The SMILES string of the molecule is COC(=O)CCN(C)C(=O)C=Cc1ccccc1Br. The first-order chi connectivity index (χ1) is 9.04. The summed E-state index contributed by atoms with van der Waals surface area (Å²) in [6, 6.07) is 7.62. The average Bonchev–Trinajstić information content (AvgIpc) is 2.43. The highest BCUT2D eigenvalue weighted by Crippen LogP contribution is 2.17. The lowest BCUT2D eigenvalue weighted by Gasteiger charge is -2.13. The van der Waals surface area contributed by atoms with Crippen LogP contribution in [0.15, 0.2) is 34.8 Å². The number of carbonyl (C=O) groups is 2. The third kappa shape index (κ3) is 5.26. The van der Waals surface area contributed by atoms with Crippen LogP contribution in [0.3, 0.4) is 0 Å². The maximum absolute atomic E-state index is 11.8. The Morgan fingerprint density at radius 3 is 2.68 bits per heavy atom. The van der Waals surface area contributed by atoms with Crippen LogP contribution >= 0.6 is 15.9 Å².